The summed E-state index contributed by atoms with van der Waals surface area (Å²) in [6.45, 7) is 10.6. The van der Waals surface area contributed by atoms with Gasteiger partial charge in [-0.2, -0.15) is 5.26 Å². The lowest BCUT2D eigenvalue weighted by Gasteiger charge is -2.37. The molecule has 3 aromatic rings. The molecule has 0 saturated carbocycles. The van der Waals surface area contributed by atoms with E-state index in [0.29, 0.717) is 37.3 Å². The van der Waals surface area contributed by atoms with E-state index in [2.05, 4.69) is 18.0 Å². The Morgan fingerprint density at radius 3 is 2.47 bits per heavy atom. The molecule has 2 aliphatic heterocycles. The van der Waals surface area contributed by atoms with Crippen LogP contribution in [-0.2, 0) is 4.79 Å². The van der Waals surface area contributed by atoms with Gasteiger partial charge in [0.15, 0.2) is 5.82 Å². The Balaban J connectivity index is 1.90. The second kappa shape index (κ2) is 12.6. The van der Waals surface area contributed by atoms with Crippen LogP contribution in [-0.4, -0.2) is 57.7 Å². The molecule has 4 heterocycles. The van der Waals surface area contributed by atoms with Crippen molar-refractivity contribution < 1.29 is 14.3 Å². The van der Waals surface area contributed by atoms with E-state index in [1.54, 1.807) is 17.2 Å². The monoisotopic (exact) mass is 690 g/mol. The molecule has 1 amide bonds. The van der Waals surface area contributed by atoms with Gasteiger partial charge in [-0.05, 0) is 42.8 Å². The van der Waals surface area contributed by atoms with Crippen molar-refractivity contribution in [2.24, 2.45) is 5.92 Å². The molecule has 1 saturated heterocycles. The Bertz CT molecular complexity index is 1910. The van der Waals surface area contributed by atoms with Crippen LogP contribution < -0.4 is 15.8 Å². The summed E-state index contributed by atoms with van der Waals surface area (Å²) in [5, 5.41) is 23.3. The number of hydrogen-bond donors (Lipinski definition) is 2. The highest BCUT2D eigenvalue weighted by Crippen LogP contribution is 2.48. The fraction of sp³-hybridized carbons (Fsp3) is 0.290. The van der Waals surface area contributed by atoms with Crippen LogP contribution in [0.2, 0.25) is 20.1 Å². The summed E-state index contributed by atoms with van der Waals surface area (Å²) in [4.78, 5) is 34.9. The van der Waals surface area contributed by atoms with Gasteiger partial charge in [0.05, 0.1) is 38.7 Å². The number of rotatable bonds is 5. The third-order valence-electron chi connectivity index (χ3n) is 7.96. The Hall–Kier alpha value is -3.75. The van der Waals surface area contributed by atoms with Crippen LogP contribution in [0.1, 0.15) is 26.3 Å². The number of piperazine rings is 1. The highest BCUT2D eigenvalue weighted by atomic mass is 35.5. The minimum Gasteiger partial charge on any atom is -0.506 e. The second-order valence-electron chi connectivity index (χ2n) is 11.0. The van der Waals surface area contributed by atoms with Crippen LogP contribution in [0, 0.1) is 23.1 Å². The van der Waals surface area contributed by atoms with E-state index in [4.69, 9.17) is 51.4 Å². The Labute approximate surface area is 278 Å². The highest BCUT2D eigenvalue weighted by Gasteiger charge is 2.33. The predicted octanol–water partition coefficient (Wildman–Crippen LogP) is 6.60. The molecule has 0 aliphatic carbocycles. The normalized spacial score (nSPS) is 16.8. The zero-order valence-electron chi connectivity index (χ0n) is 24.4. The zero-order valence-corrected chi connectivity index (χ0v) is 27.4. The number of amides is 1. The molecular formula is C31H27Cl4FN6O3. The number of anilines is 1. The van der Waals surface area contributed by atoms with Crippen molar-refractivity contribution in [2.75, 3.05) is 31.1 Å². The molecule has 9 nitrogen and oxygen atoms in total. The summed E-state index contributed by atoms with van der Waals surface area (Å²) < 4.78 is 16.4. The lowest BCUT2D eigenvalue weighted by atomic mass is 9.94. The number of phenolic OH excluding ortho intramolecular Hbond substituents is 1. The van der Waals surface area contributed by atoms with Gasteiger partial charge in [0.2, 0.25) is 5.91 Å². The van der Waals surface area contributed by atoms with Gasteiger partial charge in [-0.3, -0.25) is 14.2 Å². The maximum absolute atomic E-state index is 15.0. The average molecular weight is 692 g/mol. The fourth-order valence-electron chi connectivity index (χ4n) is 5.72. The molecule has 1 aromatic carbocycles. The first-order chi connectivity index (χ1) is 21.3. The number of carbonyl (C=O) groups is 1. The van der Waals surface area contributed by atoms with Gasteiger partial charge in [-0.25, -0.2) is 9.37 Å². The summed E-state index contributed by atoms with van der Waals surface area (Å²) in [6, 6.07) is 3.23. The van der Waals surface area contributed by atoms with Crippen molar-refractivity contribution in [3.05, 3.63) is 78.4 Å². The minimum atomic E-state index is -1.08. The third-order valence-corrected chi connectivity index (χ3v) is 9.43. The van der Waals surface area contributed by atoms with Crippen molar-refractivity contribution in [3.63, 3.8) is 0 Å². The van der Waals surface area contributed by atoms with E-state index in [9.17, 15) is 20.0 Å². The number of nitrogens with one attached hydrogen (secondary N) is 1. The van der Waals surface area contributed by atoms with Crippen molar-refractivity contribution in [2.45, 2.75) is 26.8 Å². The number of hydrogen-bond acceptors (Lipinski definition) is 7. The Morgan fingerprint density at radius 1 is 1.20 bits per heavy atom. The van der Waals surface area contributed by atoms with Crippen LogP contribution in [0.4, 0.5) is 10.1 Å². The quantitative estimate of drug-likeness (QED) is 0.176. The van der Waals surface area contributed by atoms with Gasteiger partial charge in [0.1, 0.15) is 33.1 Å². The number of dihydropyridines is 1. The number of pyridine rings is 2. The molecule has 14 heteroatoms. The number of nitriles is 1. The van der Waals surface area contributed by atoms with Crippen molar-refractivity contribution in [1.82, 2.24) is 19.8 Å². The number of halogens is 5. The van der Waals surface area contributed by atoms with E-state index in [-0.39, 0.29) is 51.0 Å². The molecule has 45 heavy (non-hydrogen) atoms. The second-order valence-corrected chi connectivity index (χ2v) is 12.5. The number of aromatic nitrogens is 2. The topological polar surface area (TPSA) is 114 Å². The van der Waals surface area contributed by atoms with Crippen LogP contribution in [0.25, 0.3) is 28.0 Å². The molecule has 234 valence electrons. The van der Waals surface area contributed by atoms with Crippen LogP contribution in [0.3, 0.4) is 0 Å². The summed E-state index contributed by atoms with van der Waals surface area (Å²) >= 11 is 25.2. The number of aromatic hydroxyl groups is 1. The van der Waals surface area contributed by atoms with Gasteiger partial charge < -0.3 is 20.2 Å². The SMILES string of the molecule is C=CC(=O)N1CCN(c2c(C#N)c(=O)n(C3=C(C)C=CN[C@@H]3C(C)C)c3nc(-c4c(O)c(Cl)c(Cl)c(F)c4Cl)c(Cl)cc23)CC1. The van der Waals surface area contributed by atoms with E-state index in [1.165, 1.54) is 16.7 Å². The number of phenols is 1. The number of benzene rings is 1. The maximum Gasteiger partial charge on any atom is 0.276 e. The third kappa shape index (κ3) is 5.42. The van der Waals surface area contributed by atoms with Crippen molar-refractivity contribution in [3.8, 4) is 23.1 Å². The van der Waals surface area contributed by atoms with Crippen molar-refractivity contribution in [1.29, 1.82) is 5.26 Å². The summed E-state index contributed by atoms with van der Waals surface area (Å²) in [5.74, 6) is -1.96. The zero-order chi connectivity index (χ0) is 32.9. The van der Waals surface area contributed by atoms with Gasteiger partial charge in [-0.15, -0.1) is 0 Å². The number of allylic oxidation sites excluding steroid dienone is 2. The molecule has 2 N–H and O–H groups in total. The first kappa shape index (κ1) is 32.6. The van der Waals surface area contributed by atoms with Gasteiger partial charge in [0.25, 0.3) is 5.56 Å². The summed E-state index contributed by atoms with van der Waals surface area (Å²) in [6.07, 6.45) is 4.82. The van der Waals surface area contributed by atoms with E-state index < -0.39 is 32.2 Å². The molecule has 1 fully saturated rings. The predicted molar refractivity (Wildman–Crippen MR) is 177 cm³/mol. The molecule has 0 unspecified atom stereocenters. The number of carbonyl (C=O) groups excluding carboxylic acids is 1. The molecule has 2 aromatic heterocycles. The average Bonchev–Trinajstić information content (AvgIpc) is 3.02. The van der Waals surface area contributed by atoms with Crippen LogP contribution >= 0.6 is 46.4 Å². The number of fused-ring (bicyclic) bond motifs is 1. The number of nitrogens with zero attached hydrogens (tertiary/aromatic N) is 5. The Kier molecular flexibility index (Phi) is 9.11. The first-order valence-electron chi connectivity index (χ1n) is 13.9. The van der Waals surface area contributed by atoms with Crippen LogP contribution in [0.5, 0.6) is 5.75 Å². The molecular weight excluding hydrogens is 665 g/mol. The van der Waals surface area contributed by atoms with Crippen molar-refractivity contribution >= 4 is 74.7 Å². The summed E-state index contributed by atoms with van der Waals surface area (Å²) in [5.41, 5.74) is 0.394. The Morgan fingerprint density at radius 2 is 1.87 bits per heavy atom. The lowest BCUT2D eigenvalue weighted by Crippen LogP contribution is -2.49. The minimum absolute atomic E-state index is 0.00281. The van der Waals surface area contributed by atoms with E-state index in [1.807, 2.05) is 25.7 Å². The smallest absolute Gasteiger partial charge is 0.276 e. The fourth-order valence-corrected chi connectivity index (χ4v) is 6.65. The maximum atomic E-state index is 15.0. The molecule has 0 radical (unpaired) electrons. The van der Waals surface area contributed by atoms with Gasteiger partial charge in [-0.1, -0.05) is 66.8 Å². The highest BCUT2D eigenvalue weighted by molar-refractivity contribution is 6.46. The van der Waals surface area contributed by atoms with E-state index >= 15 is 4.39 Å². The first-order valence-corrected chi connectivity index (χ1v) is 15.4. The standard InChI is InChI=1S/C31H27Cl4FN6O3/c1-5-19(43)40-8-10-41(11-9-40)28-16-12-18(32)26(20-21(33)24(36)22(34)23(35)29(20)44)39-30(16)42(31(45)17(28)13-37)27-15(4)6-7-38-25(27)14(2)3/h5-7,12,14,25,38,44H,1,8-11H2,2-4H3/t25-/m1/s1. The largest absolute Gasteiger partial charge is 0.506 e. The summed E-state index contributed by atoms with van der Waals surface area (Å²) in [7, 11) is 0. The molecule has 0 spiro atoms. The molecule has 0 bridgehead atoms. The lowest BCUT2D eigenvalue weighted by molar-refractivity contribution is -0.126. The molecule has 2 aliphatic rings. The van der Waals surface area contributed by atoms with Gasteiger partial charge in [0, 0.05) is 31.6 Å². The van der Waals surface area contributed by atoms with Crippen LogP contribution in [0.15, 0.2) is 41.4 Å². The molecule has 5 rings (SSSR count). The van der Waals surface area contributed by atoms with E-state index in [0.717, 1.165) is 5.57 Å². The molecule has 1 atom stereocenters. The van der Waals surface area contributed by atoms with Gasteiger partial charge >= 0.3 is 0 Å².